The van der Waals surface area contributed by atoms with Crippen molar-refractivity contribution < 1.29 is 22.7 Å². The molecule has 2 aromatic rings. The van der Waals surface area contributed by atoms with E-state index < -0.39 is 29.3 Å². The van der Waals surface area contributed by atoms with E-state index in [0.717, 1.165) is 22.0 Å². The van der Waals surface area contributed by atoms with E-state index in [1.807, 2.05) is 38.1 Å². The minimum absolute atomic E-state index is 0.0320. The molecule has 0 aliphatic carbocycles. The molecule has 27 heavy (non-hydrogen) atoms. The summed E-state index contributed by atoms with van der Waals surface area (Å²) >= 11 is 0.908. The van der Waals surface area contributed by atoms with Crippen molar-refractivity contribution in [3.8, 4) is 0 Å². The van der Waals surface area contributed by atoms with Crippen molar-refractivity contribution in [3.63, 3.8) is 0 Å². The third-order valence-electron chi connectivity index (χ3n) is 4.17. The quantitative estimate of drug-likeness (QED) is 0.789. The van der Waals surface area contributed by atoms with E-state index in [4.69, 9.17) is 4.74 Å². The predicted molar refractivity (Wildman–Crippen MR) is 93.9 cm³/mol. The summed E-state index contributed by atoms with van der Waals surface area (Å²) in [5.74, 6) is -1.36. The second-order valence-electron chi connectivity index (χ2n) is 6.36. The number of nitrogens with one attached hydrogen (secondary N) is 1. The number of esters is 1. The van der Waals surface area contributed by atoms with Crippen LogP contribution in [-0.4, -0.2) is 32.7 Å². The number of benzene rings is 1. The average molecular weight is 400 g/mol. The van der Waals surface area contributed by atoms with Gasteiger partial charge in [0.1, 0.15) is 5.25 Å². The Morgan fingerprint density at radius 2 is 1.96 bits per heavy atom. The normalized spacial score (nSPS) is 19.5. The van der Waals surface area contributed by atoms with Gasteiger partial charge in [0.25, 0.3) is 5.82 Å². The highest BCUT2D eigenvalue weighted by Crippen LogP contribution is 2.40. The van der Waals surface area contributed by atoms with Gasteiger partial charge in [-0.3, -0.25) is 4.79 Å². The third-order valence-corrected chi connectivity index (χ3v) is 5.36. The van der Waals surface area contributed by atoms with E-state index in [9.17, 15) is 18.0 Å². The van der Waals surface area contributed by atoms with Crippen molar-refractivity contribution in [1.82, 2.24) is 14.9 Å². The third kappa shape index (κ3) is 3.90. The van der Waals surface area contributed by atoms with Gasteiger partial charge in [-0.25, -0.2) is 4.68 Å². The average Bonchev–Trinajstić information content (AvgIpc) is 3.04. The number of carbonyl (C=O) groups excluding carboxylic acids is 1. The van der Waals surface area contributed by atoms with Crippen LogP contribution in [0, 0.1) is 0 Å². The highest BCUT2D eigenvalue weighted by Gasteiger charge is 2.44. The van der Waals surface area contributed by atoms with Crippen LogP contribution >= 0.6 is 11.8 Å². The number of carbonyl (C=O) groups is 1. The van der Waals surface area contributed by atoms with Crippen LogP contribution in [0.3, 0.4) is 0 Å². The number of thioether (sulfide) groups is 1. The molecule has 2 unspecified atom stereocenters. The molecule has 146 valence electrons. The second kappa shape index (κ2) is 7.41. The first-order chi connectivity index (χ1) is 12.7. The minimum atomic E-state index is -4.67. The Bertz CT molecular complexity index is 821. The number of alkyl halides is 3. The SMILES string of the molecule is CCOC(=O)C1Sc2nnc(C(F)(F)F)n2NC1c1ccc(C(C)C)cc1. The fourth-order valence-corrected chi connectivity index (χ4v) is 3.86. The molecule has 0 radical (unpaired) electrons. The zero-order valence-electron chi connectivity index (χ0n) is 14.9. The summed E-state index contributed by atoms with van der Waals surface area (Å²) in [6.45, 7) is 5.94. The Hall–Kier alpha value is -2.23. The van der Waals surface area contributed by atoms with E-state index in [1.54, 1.807) is 6.92 Å². The number of nitrogens with zero attached hydrogens (tertiary/aromatic N) is 3. The first kappa shape index (κ1) is 19.5. The van der Waals surface area contributed by atoms with Crippen molar-refractivity contribution in [2.75, 3.05) is 12.0 Å². The number of hydrogen-bond donors (Lipinski definition) is 1. The molecule has 2 heterocycles. The molecule has 0 bridgehead atoms. The van der Waals surface area contributed by atoms with Crippen LogP contribution in [0.2, 0.25) is 0 Å². The summed E-state index contributed by atoms with van der Waals surface area (Å²) in [7, 11) is 0. The van der Waals surface area contributed by atoms with Crippen LogP contribution in [0.4, 0.5) is 13.2 Å². The van der Waals surface area contributed by atoms with E-state index >= 15 is 0 Å². The zero-order valence-corrected chi connectivity index (χ0v) is 15.8. The van der Waals surface area contributed by atoms with Gasteiger partial charge in [-0.2, -0.15) is 13.2 Å². The van der Waals surface area contributed by atoms with Crippen molar-refractivity contribution >= 4 is 17.7 Å². The fraction of sp³-hybridized carbons (Fsp3) is 0.471. The Morgan fingerprint density at radius 1 is 1.30 bits per heavy atom. The molecule has 6 nitrogen and oxygen atoms in total. The van der Waals surface area contributed by atoms with Crippen molar-refractivity contribution in [3.05, 3.63) is 41.2 Å². The molecule has 0 spiro atoms. The lowest BCUT2D eigenvalue weighted by molar-refractivity contribution is -0.147. The fourth-order valence-electron chi connectivity index (χ4n) is 2.78. The zero-order chi connectivity index (χ0) is 19.8. The molecule has 0 amide bonds. The number of fused-ring (bicyclic) bond motifs is 1. The lowest BCUT2D eigenvalue weighted by atomic mass is 9.98. The van der Waals surface area contributed by atoms with Gasteiger partial charge in [0.15, 0.2) is 0 Å². The van der Waals surface area contributed by atoms with Crippen molar-refractivity contribution in [2.24, 2.45) is 0 Å². The smallest absolute Gasteiger partial charge is 0.453 e. The van der Waals surface area contributed by atoms with Crippen LogP contribution in [0.1, 0.15) is 49.7 Å². The molecular formula is C17H19F3N4O2S. The van der Waals surface area contributed by atoms with Crippen LogP contribution in [0.5, 0.6) is 0 Å². The largest absolute Gasteiger partial charge is 0.465 e. The van der Waals surface area contributed by atoms with E-state index in [-0.39, 0.29) is 11.8 Å². The molecule has 0 saturated heterocycles. The topological polar surface area (TPSA) is 69.0 Å². The maximum Gasteiger partial charge on any atom is 0.453 e. The highest BCUT2D eigenvalue weighted by molar-refractivity contribution is 8.00. The number of ether oxygens (including phenoxy) is 1. The van der Waals surface area contributed by atoms with E-state index in [1.165, 1.54) is 0 Å². The van der Waals surface area contributed by atoms with Crippen LogP contribution < -0.4 is 5.43 Å². The van der Waals surface area contributed by atoms with Crippen molar-refractivity contribution in [2.45, 2.75) is 49.3 Å². The molecule has 2 atom stereocenters. The monoisotopic (exact) mass is 400 g/mol. The summed E-state index contributed by atoms with van der Waals surface area (Å²) in [5, 5.41) is 5.98. The number of halogens is 3. The summed E-state index contributed by atoms with van der Waals surface area (Å²) < 4.78 is 45.5. The van der Waals surface area contributed by atoms with E-state index in [0.29, 0.717) is 11.5 Å². The lowest BCUT2D eigenvalue weighted by Gasteiger charge is -2.32. The van der Waals surface area contributed by atoms with Crippen molar-refractivity contribution in [1.29, 1.82) is 0 Å². The molecule has 1 aliphatic heterocycles. The lowest BCUT2D eigenvalue weighted by Crippen LogP contribution is -2.40. The molecule has 0 fully saturated rings. The molecule has 1 aromatic carbocycles. The van der Waals surface area contributed by atoms with Gasteiger partial charge in [-0.15, -0.1) is 10.2 Å². The van der Waals surface area contributed by atoms with E-state index in [2.05, 4.69) is 15.6 Å². The maximum atomic E-state index is 13.2. The van der Waals surface area contributed by atoms with Gasteiger partial charge in [-0.05, 0) is 24.0 Å². The predicted octanol–water partition coefficient (Wildman–Crippen LogP) is 3.74. The summed E-state index contributed by atoms with van der Waals surface area (Å²) in [4.78, 5) is 12.4. The first-order valence-electron chi connectivity index (χ1n) is 8.44. The maximum absolute atomic E-state index is 13.2. The highest BCUT2D eigenvalue weighted by atomic mass is 32.2. The molecular weight excluding hydrogens is 381 g/mol. The number of aromatic nitrogens is 3. The van der Waals surface area contributed by atoms with Crippen LogP contribution in [-0.2, 0) is 15.7 Å². The van der Waals surface area contributed by atoms with Gasteiger partial charge >= 0.3 is 12.1 Å². The summed E-state index contributed by atoms with van der Waals surface area (Å²) in [6, 6.07) is 6.70. The van der Waals surface area contributed by atoms with Crippen LogP contribution in [0.15, 0.2) is 29.4 Å². The molecule has 1 aromatic heterocycles. The minimum Gasteiger partial charge on any atom is -0.465 e. The Balaban J connectivity index is 2.00. The number of hydrogen-bond acceptors (Lipinski definition) is 6. The second-order valence-corrected chi connectivity index (χ2v) is 7.47. The van der Waals surface area contributed by atoms with Gasteiger partial charge in [0.05, 0.1) is 12.6 Å². The van der Waals surface area contributed by atoms with Gasteiger partial charge < -0.3 is 10.2 Å². The standard InChI is InChI=1S/C17H19F3N4O2S/c1-4-26-14(25)13-12(11-7-5-10(6-8-11)9(2)3)23-24-15(17(18,19)20)21-22-16(24)27-13/h5-9,12-13,23H,4H2,1-3H3. The van der Waals surface area contributed by atoms with Gasteiger partial charge in [0.2, 0.25) is 5.16 Å². The Morgan fingerprint density at radius 3 is 2.52 bits per heavy atom. The Labute approximate surface area is 158 Å². The Kier molecular flexibility index (Phi) is 5.36. The molecule has 0 saturated carbocycles. The molecule has 1 aliphatic rings. The number of rotatable bonds is 4. The van der Waals surface area contributed by atoms with Crippen LogP contribution in [0.25, 0.3) is 0 Å². The first-order valence-corrected chi connectivity index (χ1v) is 9.32. The summed E-state index contributed by atoms with van der Waals surface area (Å²) in [5.41, 5.74) is 4.53. The van der Waals surface area contributed by atoms with Gasteiger partial charge in [-0.1, -0.05) is 49.9 Å². The summed E-state index contributed by atoms with van der Waals surface area (Å²) in [6.07, 6.45) is -4.67. The molecule has 3 rings (SSSR count). The molecule has 1 N–H and O–H groups in total. The van der Waals surface area contributed by atoms with Gasteiger partial charge in [0, 0.05) is 0 Å². The molecule has 10 heteroatoms.